The van der Waals surface area contributed by atoms with Crippen LogP contribution in [0.4, 0.5) is 0 Å². The summed E-state index contributed by atoms with van der Waals surface area (Å²) >= 11 is 11.5. The lowest BCUT2D eigenvalue weighted by molar-refractivity contribution is 0.678. The molecule has 0 bridgehead atoms. The minimum absolute atomic E-state index is 0.114. The molecule has 1 heterocycles. The number of aryl methyl sites for hydroxylation is 1. The monoisotopic (exact) mass is 244 g/mol. The molecule has 0 aliphatic rings. The number of fused-ring (bicyclic) bond motifs is 1. The van der Waals surface area contributed by atoms with E-state index in [4.69, 9.17) is 23.2 Å². The van der Waals surface area contributed by atoms with Gasteiger partial charge in [0, 0.05) is 17.4 Å². The molecule has 0 aliphatic heterocycles. The van der Waals surface area contributed by atoms with Crippen LogP contribution in [0.1, 0.15) is 6.42 Å². The third-order valence-electron chi connectivity index (χ3n) is 2.25. The van der Waals surface area contributed by atoms with Gasteiger partial charge in [0.2, 0.25) is 0 Å². The number of halogens is 2. The number of nitrogens with one attached hydrogen (secondary N) is 1. The Morgan fingerprint density at radius 2 is 2.20 bits per heavy atom. The summed E-state index contributed by atoms with van der Waals surface area (Å²) in [5.41, 5.74) is 1.52. The number of aromatic amines is 1. The summed E-state index contributed by atoms with van der Waals surface area (Å²) in [4.78, 5) is 14.3. The van der Waals surface area contributed by atoms with E-state index in [9.17, 15) is 4.79 Å². The maximum Gasteiger partial charge on any atom is 0.326 e. The highest BCUT2D eigenvalue weighted by Crippen LogP contribution is 2.16. The van der Waals surface area contributed by atoms with E-state index in [1.807, 2.05) is 0 Å². The molecule has 3 nitrogen and oxygen atoms in total. The molecule has 5 heteroatoms. The fraction of sp³-hybridized carbons (Fsp3) is 0.300. The Balaban J connectivity index is 2.55. The van der Waals surface area contributed by atoms with E-state index in [-0.39, 0.29) is 5.69 Å². The molecule has 80 valence electrons. The molecular formula is C10H10Cl2N2O. The maximum atomic E-state index is 11.6. The van der Waals surface area contributed by atoms with Gasteiger partial charge in [0.15, 0.2) is 0 Å². The van der Waals surface area contributed by atoms with Gasteiger partial charge in [-0.15, -0.1) is 11.6 Å². The van der Waals surface area contributed by atoms with Crippen LogP contribution in [0.15, 0.2) is 23.0 Å². The Hall–Kier alpha value is -0.930. The van der Waals surface area contributed by atoms with E-state index in [1.54, 1.807) is 22.8 Å². The van der Waals surface area contributed by atoms with Crippen molar-refractivity contribution in [3.8, 4) is 0 Å². The highest BCUT2D eigenvalue weighted by molar-refractivity contribution is 6.31. The smallest absolute Gasteiger partial charge is 0.306 e. The molecule has 2 aromatic rings. The molecule has 0 spiro atoms. The van der Waals surface area contributed by atoms with Crippen LogP contribution in [0.5, 0.6) is 0 Å². The quantitative estimate of drug-likeness (QED) is 0.829. The molecule has 15 heavy (non-hydrogen) atoms. The van der Waals surface area contributed by atoms with Gasteiger partial charge in [-0.3, -0.25) is 4.57 Å². The third kappa shape index (κ3) is 2.03. The molecule has 0 saturated carbocycles. The van der Waals surface area contributed by atoms with Crippen molar-refractivity contribution in [2.24, 2.45) is 0 Å². The number of H-pyrrole nitrogens is 1. The Kier molecular flexibility index (Phi) is 3.03. The lowest BCUT2D eigenvalue weighted by Crippen LogP contribution is -2.16. The van der Waals surface area contributed by atoms with Gasteiger partial charge in [0.05, 0.1) is 11.0 Å². The van der Waals surface area contributed by atoms with Gasteiger partial charge in [0.1, 0.15) is 0 Å². The predicted molar refractivity (Wildman–Crippen MR) is 62.9 cm³/mol. The summed E-state index contributed by atoms with van der Waals surface area (Å²) in [5.74, 6) is 0.541. The first-order valence-electron chi connectivity index (χ1n) is 4.66. The van der Waals surface area contributed by atoms with Crippen LogP contribution in [0.2, 0.25) is 5.02 Å². The van der Waals surface area contributed by atoms with Crippen molar-refractivity contribution >= 4 is 34.2 Å². The van der Waals surface area contributed by atoms with Crippen LogP contribution >= 0.6 is 23.2 Å². The Bertz CT molecular complexity index is 530. The first-order valence-corrected chi connectivity index (χ1v) is 5.57. The summed E-state index contributed by atoms with van der Waals surface area (Å²) in [7, 11) is 0. The Morgan fingerprint density at radius 3 is 2.93 bits per heavy atom. The molecule has 0 atom stereocenters. The zero-order valence-corrected chi connectivity index (χ0v) is 9.48. The van der Waals surface area contributed by atoms with E-state index in [2.05, 4.69) is 4.98 Å². The van der Waals surface area contributed by atoms with Gasteiger partial charge >= 0.3 is 5.69 Å². The molecular weight excluding hydrogens is 235 g/mol. The van der Waals surface area contributed by atoms with Gasteiger partial charge in [-0.05, 0) is 24.6 Å². The fourth-order valence-electron chi connectivity index (χ4n) is 1.57. The molecule has 0 fully saturated rings. The van der Waals surface area contributed by atoms with Gasteiger partial charge in [-0.2, -0.15) is 0 Å². The fourth-order valence-corrected chi connectivity index (χ4v) is 1.85. The predicted octanol–water partition coefficient (Wildman–Crippen LogP) is 2.61. The highest BCUT2D eigenvalue weighted by Gasteiger charge is 2.06. The zero-order valence-electron chi connectivity index (χ0n) is 7.96. The molecule has 1 N–H and O–H groups in total. The minimum atomic E-state index is -0.114. The molecule has 1 aromatic carbocycles. The van der Waals surface area contributed by atoms with Gasteiger partial charge in [-0.1, -0.05) is 11.6 Å². The number of aromatic nitrogens is 2. The van der Waals surface area contributed by atoms with Gasteiger partial charge < -0.3 is 4.98 Å². The number of benzene rings is 1. The maximum absolute atomic E-state index is 11.6. The molecule has 0 saturated heterocycles. The molecule has 2 rings (SSSR count). The summed E-state index contributed by atoms with van der Waals surface area (Å²) in [6.45, 7) is 0.614. The lowest BCUT2D eigenvalue weighted by Gasteiger charge is -2.00. The highest BCUT2D eigenvalue weighted by atomic mass is 35.5. The van der Waals surface area contributed by atoms with Crippen LogP contribution < -0.4 is 5.69 Å². The summed E-state index contributed by atoms with van der Waals surface area (Å²) in [6, 6.07) is 5.34. The van der Waals surface area contributed by atoms with E-state index in [1.165, 1.54) is 0 Å². The number of alkyl halides is 1. The lowest BCUT2D eigenvalue weighted by atomic mass is 10.3. The first-order chi connectivity index (χ1) is 7.22. The Labute approximate surface area is 96.6 Å². The van der Waals surface area contributed by atoms with E-state index < -0.39 is 0 Å². The minimum Gasteiger partial charge on any atom is -0.306 e. The van der Waals surface area contributed by atoms with Crippen LogP contribution in [0.3, 0.4) is 0 Å². The van der Waals surface area contributed by atoms with Gasteiger partial charge in [-0.25, -0.2) is 4.79 Å². The second-order valence-corrected chi connectivity index (χ2v) is 4.10. The van der Waals surface area contributed by atoms with Crippen molar-refractivity contribution in [2.75, 3.05) is 5.88 Å². The molecule has 0 unspecified atom stereocenters. The topological polar surface area (TPSA) is 37.8 Å². The summed E-state index contributed by atoms with van der Waals surface area (Å²) in [5, 5.41) is 0.626. The van der Waals surface area contributed by atoms with E-state index in [0.29, 0.717) is 17.4 Å². The van der Waals surface area contributed by atoms with Crippen LogP contribution in [-0.4, -0.2) is 15.4 Å². The van der Waals surface area contributed by atoms with Crippen LogP contribution in [-0.2, 0) is 6.54 Å². The summed E-state index contributed by atoms with van der Waals surface area (Å²) in [6.07, 6.45) is 0.765. The standard InChI is InChI=1S/C10H10Cl2N2O/c11-4-1-5-14-9-6-7(12)2-3-8(9)13-10(14)15/h2-3,6H,1,4-5H2,(H,13,15). The SMILES string of the molecule is O=c1[nH]c2ccc(Cl)cc2n1CCCCl. The first kappa shape index (κ1) is 10.6. The zero-order chi connectivity index (χ0) is 10.8. The molecule has 0 radical (unpaired) electrons. The normalized spacial score (nSPS) is 11.1. The number of hydrogen-bond acceptors (Lipinski definition) is 1. The van der Waals surface area contributed by atoms with Crippen LogP contribution in [0, 0.1) is 0 Å². The van der Waals surface area contributed by atoms with Crippen molar-refractivity contribution in [3.05, 3.63) is 33.7 Å². The van der Waals surface area contributed by atoms with E-state index >= 15 is 0 Å². The average Bonchev–Trinajstić information content (AvgIpc) is 2.51. The number of imidazole rings is 1. The largest absolute Gasteiger partial charge is 0.326 e. The third-order valence-corrected chi connectivity index (χ3v) is 2.76. The van der Waals surface area contributed by atoms with Crippen molar-refractivity contribution in [2.45, 2.75) is 13.0 Å². The molecule has 1 aromatic heterocycles. The van der Waals surface area contributed by atoms with Crippen molar-refractivity contribution < 1.29 is 0 Å². The second-order valence-electron chi connectivity index (χ2n) is 3.29. The second kappa shape index (κ2) is 4.29. The molecule has 0 aliphatic carbocycles. The van der Waals surface area contributed by atoms with Crippen molar-refractivity contribution in [1.29, 1.82) is 0 Å². The number of hydrogen-bond donors (Lipinski definition) is 1. The number of rotatable bonds is 3. The summed E-state index contributed by atoms with van der Waals surface area (Å²) < 4.78 is 1.66. The van der Waals surface area contributed by atoms with E-state index in [0.717, 1.165) is 17.5 Å². The van der Waals surface area contributed by atoms with Gasteiger partial charge in [0.25, 0.3) is 0 Å². The van der Waals surface area contributed by atoms with Crippen molar-refractivity contribution in [3.63, 3.8) is 0 Å². The average molecular weight is 245 g/mol. The van der Waals surface area contributed by atoms with Crippen LogP contribution in [0.25, 0.3) is 11.0 Å². The Morgan fingerprint density at radius 1 is 1.40 bits per heavy atom. The number of nitrogens with zero attached hydrogens (tertiary/aromatic N) is 1. The van der Waals surface area contributed by atoms with Crippen molar-refractivity contribution in [1.82, 2.24) is 9.55 Å². The molecule has 0 amide bonds.